The Morgan fingerprint density at radius 3 is 2.76 bits per heavy atom. The Hall–Kier alpha value is -0.520. The third-order valence-corrected chi connectivity index (χ3v) is 4.44. The molecule has 98 valence electrons. The first-order chi connectivity index (χ1) is 8.08. The van der Waals surface area contributed by atoms with Crippen LogP contribution in [0.1, 0.15) is 37.5 Å². The van der Waals surface area contributed by atoms with E-state index in [4.69, 9.17) is 10.8 Å². The van der Waals surface area contributed by atoms with Crippen molar-refractivity contribution in [3.05, 3.63) is 18.0 Å². The molecule has 0 saturated heterocycles. The van der Waals surface area contributed by atoms with E-state index in [2.05, 4.69) is 18.9 Å². The molecule has 0 bridgehead atoms. The number of thioether (sulfide) groups is 1. The molecule has 0 spiro atoms. The normalized spacial score (nSPS) is 16.8. The lowest BCUT2D eigenvalue weighted by molar-refractivity contribution is 0.288. The Morgan fingerprint density at radius 2 is 2.29 bits per heavy atom. The van der Waals surface area contributed by atoms with Crippen LogP contribution in [-0.4, -0.2) is 32.8 Å². The third kappa shape index (κ3) is 4.33. The maximum absolute atomic E-state index is 8.96. The lowest BCUT2D eigenvalue weighted by Gasteiger charge is -2.24. The Labute approximate surface area is 108 Å². The largest absolute Gasteiger partial charge is 0.396 e. The average molecular weight is 257 g/mol. The highest BCUT2D eigenvalue weighted by molar-refractivity contribution is 8.00. The molecule has 0 aromatic carbocycles. The molecule has 1 heterocycles. The van der Waals surface area contributed by atoms with Crippen LogP contribution in [-0.2, 0) is 7.05 Å². The fourth-order valence-electron chi connectivity index (χ4n) is 1.73. The molecule has 4 nitrogen and oxygen atoms in total. The fourth-order valence-corrected chi connectivity index (χ4v) is 3.14. The summed E-state index contributed by atoms with van der Waals surface area (Å²) in [6.07, 6.45) is 5.66. The van der Waals surface area contributed by atoms with Crippen molar-refractivity contribution in [1.29, 1.82) is 0 Å². The van der Waals surface area contributed by atoms with Crippen LogP contribution in [0.2, 0.25) is 0 Å². The van der Waals surface area contributed by atoms with Crippen molar-refractivity contribution in [1.82, 2.24) is 9.78 Å². The molecule has 1 rings (SSSR count). The second kappa shape index (κ2) is 7.03. The van der Waals surface area contributed by atoms with E-state index in [1.807, 2.05) is 35.9 Å². The van der Waals surface area contributed by atoms with Crippen LogP contribution in [0.25, 0.3) is 0 Å². The van der Waals surface area contributed by atoms with Gasteiger partial charge < -0.3 is 10.8 Å². The van der Waals surface area contributed by atoms with E-state index in [1.165, 1.54) is 5.56 Å². The van der Waals surface area contributed by atoms with Crippen molar-refractivity contribution >= 4 is 11.8 Å². The van der Waals surface area contributed by atoms with Gasteiger partial charge in [-0.3, -0.25) is 4.68 Å². The summed E-state index contributed by atoms with van der Waals surface area (Å²) in [5.41, 5.74) is 7.36. The minimum absolute atomic E-state index is 0.130. The summed E-state index contributed by atoms with van der Waals surface area (Å²) in [6, 6.07) is 0.130. The number of aliphatic hydroxyl groups excluding tert-OH is 1. The molecular weight excluding hydrogens is 234 g/mol. The topological polar surface area (TPSA) is 64.1 Å². The summed E-state index contributed by atoms with van der Waals surface area (Å²) < 4.78 is 1.81. The molecule has 5 heteroatoms. The van der Waals surface area contributed by atoms with Gasteiger partial charge in [0, 0.05) is 42.0 Å². The zero-order valence-electron chi connectivity index (χ0n) is 10.8. The molecule has 0 aliphatic carbocycles. The zero-order chi connectivity index (χ0) is 12.8. The molecule has 1 aromatic rings. The summed E-state index contributed by atoms with van der Waals surface area (Å²) in [7, 11) is 1.92. The van der Waals surface area contributed by atoms with Gasteiger partial charge in [-0.2, -0.15) is 5.10 Å². The standard InChI is InChI=1S/C12H23N3OS/c1-4-11(13)12(17-9(2)5-6-16)10-7-14-15(3)8-10/h7-9,11-12,16H,4-6,13H2,1-3H3. The van der Waals surface area contributed by atoms with Crippen LogP contribution in [0.3, 0.4) is 0 Å². The van der Waals surface area contributed by atoms with Gasteiger partial charge >= 0.3 is 0 Å². The Kier molecular flexibility index (Phi) is 6.02. The van der Waals surface area contributed by atoms with Gasteiger partial charge in [0.05, 0.1) is 6.20 Å². The van der Waals surface area contributed by atoms with E-state index in [0.717, 1.165) is 12.8 Å². The van der Waals surface area contributed by atoms with Crippen LogP contribution >= 0.6 is 11.8 Å². The van der Waals surface area contributed by atoms with Crippen molar-refractivity contribution in [3.63, 3.8) is 0 Å². The molecular formula is C12H23N3OS. The molecule has 0 amide bonds. The summed E-state index contributed by atoms with van der Waals surface area (Å²) in [6.45, 7) is 4.47. The molecule has 1 aromatic heterocycles. The van der Waals surface area contributed by atoms with Gasteiger partial charge in [0.1, 0.15) is 0 Å². The van der Waals surface area contributed by atoms with Crippen LogP contribution < -0.4 is 5.73 Å². The first-order valence-electron chi connectivity index (χ1n) is 6.08. The Bertz CT molecular complexity index is 329. The smallest absolute Gasteiger partial charge is 0.0533 e. The second-order valence-corrected chi connectivity index (χ2v) is 5.98. The molecule has 0 radical (unpaired) electrons. The van der Waals surface area contributed by atoms with Crippen LogP contribution in [0.5, 0.6) is 0 Å². The molecule has 0 saturated carbocycles. The van der Waals surface area contributed by atoms with E-state index >= 15 is 0 Å². The van der Waals surface area contributed by atoms with Gasteiger partial charge in [0.2, 0.25) is 0 Å². The van der Waals surface area contributed by atoms with Crippen LogP contribution in [0.15, 0.2) is 12.4 Å². The van der Waals surface area contributed by atoms with Gasteiger partial charge in [-0.1, -0.05) is 13.8 Å². The van der Waals surface area contributed by atoms with Crippen molar-refractivity contribution in [2.75, 3.05) is 6.61 Å². The van der Waals surface area contributed by atoms with Gasteiger partial charge in [-0.05, 0) is 12.8 Å². The van der Waals surface area contributed by atoms with Gasteiger partial charge in [0.15, 0.2) is 0 Å². The van der Waals surface area contributed by atoms with Crippen LogP contribution in [0.4, 0.5) is 0 Å². The van der Waals surface area contributed by atoms with Gasteiger partial charge in [-0.25, -0.2) is 0 Å². The SMILES string of the molecule is CCC(N)C(SC(C)CCO)c1cnn(C)c1. The van der Waals surface area contributed by atoms with E-state index in [-0.39, 0.29) is 17.9 Å². The average Bonchev–Trinajstić information content (AvgIpc) is 2.72. The van der Waals surface area contributed by atoms with Crippen molar-refractivity contribution in [3.8, 4) is 0 Å². The monoisotopic (exact) mass is 257 g/mol. The molecule has 3 atom stereocenters. The Balaban J connectivity index is 2.74. The van der Waals surface area contributed by atoms with E-state index < -0.39 is 0 Å². The summed E-state index contributed by atoms with van der Waals surface area (Å²) in [5.74, 6) is 0. The highest BCUT2D eigenvalue weighted by Crippen LogP contribution is 2.36. The molecule has 3 N–H and O–H groups in total. The van der Waals surface area contributed by atoms with Crippen molar-refractivity contribution in [2.24, 2.45) is 12.8 Å². The minimum atomic E-state index is 0.130. The molecule has 0 aliphatic heterocycles. The quantitative estimate of drug-likeness (QED) is 0.780. The number of aromatic nitrogens is 2. The number of aryl methyl sites for hydroxylation is 1. The summed E-state index contributed by atoms with van der Waals surface area (Å²) in [4.78, 5) is 0. The second-order valence-electron chi connectivity index (χ2n) is 4.40. The summed E-state index contributed by atoms with van der Waals surface area (Å²) >= 11 is 1.83. The molecule has 0 aliphatic rings. The lowest BCUT2D eigenvalue weighted by Crippen LogP contribution is -2.26. The number of rotatable bonds is 7. The maximum Gasteiger partial charge on any atom is 0.0533 e. The highest BCUT2D eigenvalue weighted by atomic mass is 32.2. The first kappa shape index (κ1) is 14.5. The number of hydrogen-bond acceptors (Lipinski definition) is 4. The number of hydrogen-bond donors (Lipinski definition) is 2. The number of nitrogens with zero attached hydrogens (tertiary/aromatic N) is 2. The van der Waals surface area contributed by atoms with E-state index in [0.29, 0.717) is 5.25 Å². The molecule has 3 unspecified atom stereocenters. The van der Waals surface area contributed by atoms with Gasteiger partial charge in [0.25, 0.3) is 0 Å². The first-order valence-corrected chi connectivity index (χ1v) is 7.03. The predicted octanol–water partition coefficient (Wildman–Crippen LogP) is 1.70. The van der Waals surface area contributed by atoms with Crippen molar-refractivity contribution in [2.45, 2.75) is 43.2 Å². The van der Waals surface area contributed by atoms with E-state index in [1.54, 1.807) is 0 Å². The Morgan fingerprint density at radius 1 is 1.59 bits per heavy atom. The number of nitrogens with two attached hydrogens (primary N) is 1. The van der Waals surface area contributed by atoms with Gasteiger partial charge in [-0.15, -0.1) is 11.8 Å². The molecule has 17 heavy (non-hydrogen) atoms. The van der Waals surface area contributed by atoms with Crippen LogP contribution in [0, 0.1) is 0 Å². The minimum Gasteiger partial charge on any atom is -0.396 e. The summed E-state index contributed by atoms with van der Waals surface area (Å²) in [5, 5.41) is 13.8. The maximum atomic E-state index is 8.96. The zero-order valence-corrected chi connectivity index (χ0v) is 11.7. The third-order valence-electron chi connectivity index (χ3n) is 2.83. The fraction of sp³-hybridized carbons (Fsp3) is 0.750. The lowest BCUT2D eigenvalue weighted by atomic mass is 10.1. The van der Waals surface area contributed by atoms with E-state index in [9.17, 15) is 0 Å². The highest BCUT2D eigenvalue weighted by Gasteiger charge is 2.22. The number of aliphatic hydroxyl groups is 1. The predicted molar refractivity (Wildman–Crippen MR) is 73.0 cm³/mol. The van der Waals surface area contributed by atoms with Crippen molar-refractivity contribution < 1.29 is 5.11 Å². The molecule has 0 fully saturated rings.